The first-order valence-electron chi connectivity index (χ1n) is 5.55. The van der Waals surface area contributed by atoms with Crippen LogP contribution in [0.2, 0.25) is 0 Å². The Morgan fingerprint density at radius 2 is 2.12 bits per heavy atom. The molecule has 2 aromatic rings. The van der Waals surface area contributed by atoms with Crippen LogP contribution in [0, 0.1) is 0 Å². The SMILES string of the molecule is CCC(CN)Oc1cccc2cccnc12. The van der Waals surface area contributed by atoms with Gasteiger partial charge in [-0.15, -0.1) is 0 Å². The Bertz CT molecular complexity index is 461. The summed E-state index contributed by atoms with van der Waals surface area (Å²) in [6.45, 7) is 2.59. The standard InChI is InChI=1S/C13H16N2O/c1-2-11(9-14)16-12-7-3-5-10-6-4-8-15-13(10)12/h3-8,11H,2,9,14H2,1H3. The van der Waals surface area contributed by atoms with Crippen molar-refractivity contribution in [2.75, 3.05) is 6.54 Å². The Hall–Kier alpha value is -1.61. The van der Waals surface area contributed by atoms with Gasteiger partial charge in [-0.2, -0.15) is 0 Å². The van der Waals surface area contributed by atoms with Crippen molar-refractivity contribution in [2.45, 2.75) is 19.4 Å². The number of benzene rings is 1. The third kappa shape index (κ3) is 2.14. The van der Waals surface area contributed by atoms with Gasteiger partial charge in [0.25, 0.3) is 0 Å². The van der Waals surface area contributed by atoms with Crippen LogP contribution in [0.3, 0.4) is 0 Å². The summed E-state index contributed by atoms with van der Waals surface area (Å²) in [6, 6.07) is 9.89. The molecule has 1 aromatic carbocycles. The van der Waals surface area contributed by atoms with E-state index in [-0.39, 0.29) is 6.10 Å². The number of ether oxygens (including phenoxy) is 1. The van der Waals surface area contributed by atoms with Gasteiger partial charge in [0.2, 0.25) is 0 Å². The first kappa shape index (κ1) is 10.9. The van der Waals surface area contributed by atoms with E-state index in [4.69, 9.17) is 10.5 Å². The lowest BCUT2D eigenvalue weighted by molar-refractivity contribution is 0.207. The number of nitrogens with zero attached hydrogens (tertiary/aromatic N) is 1. The van der Waals surface area contributed by atoms with Crippen LogP contribution in [0.5, 0.6) is 5.75 Å². The van der Waals surface area contributed by atoms with E-state index < -0.39 is 0 Å². The summed E-state index contributed by atoms with van der Waals surface area (Å²) in [6.07, 6.45) is 2.74. The first-order chi connectivity index (χ1) is 7.85. The number of rotatable bonds is 4. The van der Waals surface area contributed by atoms with Crippen LogP contribution in [0.15, 0.2) is 36.5 Å². The quantitative estimate of drug-likeness (QED) is 0.853. The van der Waals surface area contributed by atoms with Crippen LogP contribution in [0.4, 0.5) is 0 Å². The predicted octanol–water partition coefficient (Wildman–Crippen LogP) is 2.35. The van der Waals surface area contributed by atoms with E-state index in [0.29, 0.717) is 6.54 Å². The van der Waals surface area contributed by atoms with E-state index in [2.05, 4.69) is 11.9 Å². The molecule has 0 aliphatic heterocycles. The van der Waals surface area contributed by atoms with Crippen LogP contribution in [0.1, 0.15) is 13.3 Å². The molecule has 0 spiro atoms. The minimum Gasteiger partial charge on any atom is -0.487 e. The number of fused-ring (bicyclic) bond motifs is 1. The fraction of sp³-hybridized carbons (Fsp3) is 0.308. The Morgan fingerprint density at radius 3 is 2.88 bits per heavy atom. The molecular weight excluding hydrogens is 200 g/mol. The van der Waals surface area contributed by atoms with Crippen molar-refractivity contribution < 1.29 is 4.74 Å². The van der Waals surface area contributed by atoms with Crippen molar-refractivity contribution >= 4 is 10.9 Å². The highest BCUT2D eigenvalue weighted by Crippen LogP contribution is 2.24. The highest BCUT2D eigenvalue weighted by atomic mass is 16.5. The van der Waals surface area contributed by atoms with Crippen molar-refractivity contribution in [1.29, 1.82) is 0 Å². The molecule has 3 nitrogen and oxygen atoms in total. The van der Waals surface area contributed by atoms with Gasteiger partial charge in [-0.3, -0.25) is 4.98 Å². The second kappa shape index (κ2) is 4.94. The highest BCUT2D eigenvalue weighted by Gasteiger charge is 2.08. The van der Waals surface area contributed by atoms with Crippen LogP contribution in [-0.4, -0.2) is 17.6 Å². The lowest BCUT2D eigenvalue weighted by atomic mass is 10.2. The van der Waals surface area contributed by atoms with Crippen molar-refractivity contribution in [3.8, 4) is 5.75 Å². The average Bonchev–Trinajstić information content (AvgIpc) is 2.36. The van der Waals surface area contributed by atoms with Crippen molar-refractivity contribution in [3.63, 3.8) is 0 Å². The first-order valence-corrected chi connectivity index (χ1v) is 5.55. The smallest absolute Gasteiger partial charge is 0.146 e. The molecule has 1 aromatic heterocycles. The summed E-state index contributed by atoms with van der Waals surface area (Å²) in [7, 11) is 0. The zero-order chi connectivity index (χ0) is 11.4. The van der Waals surface area contributed by atoms with Gasteiger partial charge in [0.05, 0.1) is 0 Å². The van der Waals surface area contributed by atoms with Gasteiger partial charge in [0.15, 0.2) is 0 Å². The second-order valence-corrected chi connectivity index (χ2v) is 3.72. The molecule has 2 N–H and O–H groups in total. The van der Waals surface area contributed by atoms with Gasteiger partial charge >= 0.3 is 0 Å². The molecule has 1 unspecified atom stereocenters. The van der Waals surface area contributed by atoms with Crippen LogP contribution < -0.4 is 10.5 Å². The van der Waals surface area contributed by atoms with E-state index >= 15 is 0 Å². The molecule has 2 rings (SSSR count). The molecule has 1 atom stereocenters. The maximum absolute atomic E-state index is 5.84. The van der Waals surface area contributed by atoms with Crippen molar-refractivity contribution in [3.05, 3.63) is 36.5 Å². The molecule has 0 amide bonds. The molecule has 1 heterocycles. The molecule has 0 bridgehead atoms. The molecular formula is C13H16N2O. The fourth-order valence-electron chi connectivity index (χ4n) is 1.65. The summed E-state index contributed by atoms with van der Waals surface area (Å²) >= 11 is 0. The molecule has 0 saturated heterocycles. The Labute approximate surface area is 95.2 Å². The van der Waals surface area contributed by atoms with Gasteiger partial charge in [-0.1, -0.05) is 25.1 Å². The van der Waals surface area contributed by atoms with Crippen molar-refractivity contribution in [1.82, 2.24) is 4.98 Å². The molecule has 0 radical (unpaired) electrons. The van der Waals surface area contributed by atoms with E-state index in [1.54, 1.807) is 6.20 Å². The molecule has 0 saturated carbocycles. The number of aromatic nitrogens is 1. The average molecular weight is 216 g/mol. The van der Waals surface area contributed by atoms with Crippen molar-refractivity contribution in [2.24, 2.45) is 5.73 Å². The molecule has 0 aliphatic rings. The number of hydrogen-bond acceptors (Lipinski definition) is 3. The summed E-state index contributed by atoms with van der Waals surface area (Å²) in [5.74, 6) is 0.815. The lowest BCUT2D eigenvalue weighted by Crippen LogP contribution is -2.25. The second-order valence-electron chi connectivity index (χ2n) is 3.72. The van der Waals surface area contributed by atoms with Crippen LogP contribution >= 0.6 is 0 Å². The minimum atomic E-state index is 0.0626. The maximum Gasteiger partial charge on any atom is 0.146 e. The summed E-state index contributed by atoms with van der Waals surface area (Å²) < 4.78 is 5.84. The lowest BCUT2D eigenvalue weighted by Gasteiger charge is -2.16. The number of hydrogen-bond donors (Lipinski definition) is 1. The Kier molecular flexibility index (Phi) is 3.37. The molecule has 0 aliphatic carbocycles. The monoisotopic (exact) mass is 216 g/mol. The number of nitrogens with two attached hydrogens (primary N) is 1. The molecule has 84 valence electrons. The predicted molar refractivity (Wildman–Crippen MR) is 65.5 cm³/mol. The van der Waals surface area contributed by atoms with Crippen LogP contribution in [-0.2, 0) is 0 Å². The fourth-order valence-corrected chi connectivity index (χ4v) is 1.65. The summed E-state index contributed by atoms with van der Waals surface area (Å²) in [5, 5.41) is 1.09. The Morgan fingerprint density at radius 1 is 1.31 bits per heavy atom. The van der Waals surface area contributed by atoms with Gasteiger partial charge in [-0.25, -0.2) is 0 Å². The zero-order valence-corrected chi connectivity index (χ0v) is 9.39. The minimum absolute atomic E-state index is 0.0626. The van der Waals surface area contributed by atoms with E-state index in [1.807, 2.05) is 30.3 Å². The maximum atomic E-state index is 5.84. The van der Waals surface area contributed by atoms with Gasteiger partial charge in [0.1, 0.15) is 17.4 Å². The summed E-state index contributed by atoms with van der Waals surface area (Å²) in [5.41, 5.74) is 6.53. The Balaban J connectivity index is 2.36. The zero-order valence-electron chi connectivity index (χ0n) is 9.39. The highest BCUT2D eigenvalue weighted by molar-refractivity contribution is 5.84. The number of para-hydroxylation sites is 1. The summed E-state index contributed by atoms with van der Waals surface area (Å²) in [4.78, 5) is 4.34. The molecule has 16 heavy (non-hydrogen) atoms. The topological polar surface area (TPSA) is 48.1 Å². The van der Waals surface area contributed by atoms with E-state index in [0.717, 1.165) is 23.1 Å². The van der Waals surface area contributed by atoms with Gasteiger partial charge < -0.3 is 10.5 Å². The van der Waals surface area contributed by atoms with E-state index in [9.17, 15) is 0 Å². The third-order valence-corrected chi connectivity index (χ3v) is 2.61. The molecule has 0 fully saturated rings. The number of pyridine rings is 1. The third-order valence-electron chi connectivity index (χ3n) is 2.61. The van der Waals surface area contributed by atoms with Gasteiger partial charge in [0, 0.05) is 18.1 Å². The van der Waals surface area contributed by atoms with Crippen LogP contribution in [0.25, 0.3) is 10.9 Å². The largest absolute Gasteiger partial charge is 0.487 e. The van der Waals surface area contributed by atoms with Gasteiger partial charge in [-0.05, 0) is 18.6 Å². The molecule has 3 heteroatoms. The normalized spacial score (nSPS) is 12.6. The van der Waals surface area contributed by atoms with E-state index in [1.165, 1.54) is 0 Å².